The zero-order valence-corrected chi connectivity index (χ0v) is 11.1. The van der Waals surface area contributed by atoms with Crippen molar-refractivity contribution in [2.24, 2.45) is 11.3 Å². The van der Waals surface area contributed by atoms with Gasteiger partial charge in [0.05, 0.1) is 5.41 Å². The Labute approximate surface area is 108 Å². The molecule has 0 aliphatic carbocycles. The molecule has 0 bridgehead atoms. The van der Waals surface area contributed by atoms with Crippen molar-refractivity contribution in [3.8, 4) is 0 Å². The molecule has 0 saturated carbocycles. The molecule has 1 aliphatic heterocycles. The molecule has 1 saturated heterocycles. The van der Waals surface area contributed by atoms with E-state index in [9.17, 15) is 4.79 Å². The van der Waals surface area contributed by atoms with Gasteiger partial charge in [0.15, 0.2) is 0 Å². The van der Waals surface area contributed by atoms with Crippen LogP contribution in [-0.2, 0) is 11.2 Å². The van der Waals surface area contributed by atoms with Crippen molar-refractivity contribution in [2.45, 2.75) is 26.7 Å². The van der Waals surface area contributed by atoms with Crippen LogP contribution in [0.15, 0.2) is 12.4 Å². The average molecular weight is 250 g/mol. The number of nitrogens with zero attached hydrogens (tertiary/aromatic N) is 1. The van der Waals surface area contributed by atoms with Crippen molar-refractivity contribution in [2.75, 3.05) is 19.6 Å². The smallest absolute Gasteiger partial charge is 0.227 e. The van der Waals surface area contributed by atoms with Crippen LogP contribution in [0.25, 0.3) is 0 Å². The van der Waals surface area contributed by atoms with E-state index < -0.39 is 0 Å². The minimum absolute atomic E-state index is 0.175. The number of hydrogen-bond acceptors (Lipinski definition) is 3. The maximum atomic E-state index is 12.4. The van der Waals surface area contributed by atoms with Crippen LogP contribution in [0.5, 0.6) is 0 Å². The maximum absolute atomic E-state index is 12.4. The molecule has 1 amide bonds. The van der Waals surface area contributed by atoms with Gasteiger partial charge in [-0.2, -0.15) is 0 Å². The second kappa shape index (κ2) is 5.52. The summed E-state index contributed by atoms with van der Waals surface area (Å²) < 4.78 is 0. The van der Waals surface area contributed by atoms with Gasteiger partial charge in [-0.05, 0) is 18.9 Å². The topological polar surface area (TPSA) is 69.8 Å². The molecule has 0 spiro atoms. The molecular formula is C13H22N4O. The minimum Gasteiger partial charge on any atom is -0.355 e. The molecule has 1 aromatic heterocycles. The number of carbonyl (C=O) groups excluding carboxylic acids is 1. The summed E-state index contributed by atoms with van der Waals surface area (Å²) in [5.74, 6) is 1.45. The van der Waals surface area contributed by atoms with Crippen molar-refractivity contribution in [1.82, 2.24) is 20.6 Å². The van der Waals surface area contributed by atoms with E-state index in [4.69, 9.17) is 0 Å². The van der Waals surface area contributed by atoms with Gasteiger partial charge in [0.2, 0.25) is 5.91 Å². The molecule has 5 nitrogen and oxygen atoms in total. The van der Waals surface area contributed by atoms with Gasteiger partial charge < -0.3 is 15.6 Å². The molecule has 100 valence electrons. The van der Waals surface area contributed by atoms with Crippen LogP contribution < -0.4 is 10.6 Å². The second-order valence-electron chi connectivity index (χ2n) is 5.28. The fraction of sp³-hybridized carbons (Fsp3) is 0.692. The van der Waals surface area contributed by atoms with Crippen molar-refractivity contribution < 1.29 is 4.79 Å². The number of carbonyl (C=O) groups is 1. The summed E-state index contributed by atoms with van der Waals surface area (Å²) in [6.45, 7) is 6.61. The summed E-state index contributed by atoms with van der Waals surface area (Å²) in [5.41, 5.74) is -0.233. The van der Waals surface area contributed by atoms with Gasteiger partial charge in [0.1, 0.15) is 5.82 Å². The van der Waals surface area contributed by atoms with Gasteiger partial charge in [-0.15, -0.1) is 0 Å². The Hall–Kier alpha value is -1.36. The predicted octanol–water partition coefficient (Wildman–Crippen LogP) is 0.704. The van der Waals surface area contributed by atoms with Gasteiger partial charge in [0.25, 0.3) is 0 Å². The van der Waals surface area contributed by atoms with Crippen LogP contribution >= 0.6 is 0 Å². The Morgan fingerprint density at radius 1 is 1.61 bits per heavy atom. The number of nitrogens with one attached hydrogen (secondary N) is 3. The number of aromatic nitrogens is 2. The lowest BCUT2D eigenvalue weighted by atomic mass is 9.75. The highest BCUT2D eigenvalue weighted by Gasteiger charge is 2.43. The SMILES string of the molecule is CC(C)C1(C(=O)NCCc2ncc[nH]2)CCNC1. The minimum atomic E-state index is -0.233. The molecule has 2 heterocycles. The zero-order chi connectivity index (χ0) is 13.0. The maximum Gasteiger partial charge on any atom is 0.227 e. The molecule has 0 radical (unpaired) electrons. The van der Waals surface area contributed by atoms with Crippen molar-refractivity contribution in [1.29, 1.82) is 0 Å². The standard InChI is InChI=1S/C13H22N4O/c1-10(2)13(4-6-14-9-13)12(18)17-5-3-11-15-7-8-16-11/h7-8,10,14H,3-6,9H2,1-2H3,(H,15,16)(H,17,18). The summed E-state index contributed by atoms with van der Waals surface area (Å²) in [5, 5.41) is 6.35. The first-order valence-electron chi connectivity index (χ1n) is 6.62. The van der Waals surface area contributed by atoms with Gasteiger partial charge in [-0.1, -0.05) is 13.8 Å². The van der Waals surface area contributed by atoms with Crippen LogP contribution in [0.4, 0.5) is 0 Å². The zero-order valence-electron chi connectivity index (χ0n) is 11.1. The quantitative estimate of drug-likeness (QED) is 0.720. The number of hydrogen-bond donors (Lipinski definition) is 3. The Bertz CT molecular complexity index is 380. The third-order valence-corrected chi connectivity index (χ3v) is 3.95. The number of H-pyrrole nitrogens is 1. The summed E-state index contributed by atoms with van der Waals surface area (Å²) in [6.07, 6.45) is 5.21. The molecule has 0 aromatic carbocycles. The Balaban J connectivity index is 1.86. The van der Waals surface area contributed by atoms with Crippen LogP contribution in [-0.4, -0.2) is 35.5 Å². The third-order valence-electron chi connectivity index (χ3n) is 3.95. The summed E-state index contributed by atoms with van der Waals surface area (Å²) in [7, 11) is 0. The largest absolute Gasteiger partial charge is 0.355 e. The predicted molar refractivity (Wildman–Crippen MR) is 70.1 cm³/mol. The average Bonchev–Trinajstić information content (AvgIpc) is 3.00. The van der Waals surface area contributed by atoms with E-state index in [-0.39, 0.29) is 11.3 Å². The van der Waals surface area contributed by atoms with Crippen LogP contribution in [0.1, 0.15) is 26.1 Å². The first-order chi connectivity index (χ1) is 8.65. The molecule has 1 atom stereocenters. The summed E-state index contributed by atoms with van der Waals surface area (Å²) in [6, 6.07) is 0. The van der Waals surface area contributed by atoms with Gasteiger partial charge in [-0.25, -0.2) is 4.98 Å². The molecule has 1 fully saturated rings. The van der Waals surface area contributed by atoms with E-state index in [0.29, 0.717) is 12.5 Å². The van der Waals surface area contributed by atoms with Gasteiger partial charge in [-0.3, -0.25) is 4.79 Å². The van der Waals surface area contributed by atoms with Crippen LogP contribution in [0.3, 0.4) is 0 Å². The lowest BCUT2D eigenvalue weighted by Crippen LogP contribution is -2.46. The van der Waals surface area contributed by atoms with Crippen molar-refractivity contribution >= 4 is 5.91 Å². The van der Waals surface area contributed by atoms with E-state index in [1.807, 2.05) is 0 Å². The van der Waals surface area contributed by atoms with Crippen molar-refractivity contribution in [3.05, 3.63) is 18.2 Å². The number of imidazole rings is 1. The number of aromatic amines is 1. The Morgan fingerprint density at radius 2 is 2.44 bits per heavy atom. The highest BCUT2D eigenvalue weighted by molar-refractivity contribution is 5.83. The monoisotopic (exact) mass is 250 g/mol. The number of amides is 1. The highest BCUT2D eigenvalue weighted by atomic mass is 16.2. The molecule has 1 aromatic rings. The van der Waals surface area contributed by atoms with Crippen molar-refractivity contribution in [3.63, 3.8) is 0 Å². The lowest BCUT2D eigenvalue weighted by molar-refractivity contribution is -0.132. The summed E-state index contributed by atoms with van der Waals surface area (Å²) >= 11 is 0. The molecule has 3 N–H and O–H groups in total. The normalized spacial score (nSPS) is 23.5. The second-order valence-corrected chi connectivity index (χ2v) is 5.28. The van der Waals surface area contributed by atoms with E-state index in [1.165, 1.54) is 0 Å². The fourth-order valence-electron chi connectivity index (χ4n) is 2.57. The van der Waals surface area contributed by atoms with E-state index in [0.717, 1.165) is 31.8 Å². The molecule has 5 heteroatoms. The molecule has 2 rings (SSSR count). The lowest BCUT2D eigenvalue weighted by Gasteiger charge is -2.31. The first-order valence-corrected chi connectivity index (χ1v) is 6.62. The number of rotatable bonds is 5. The molecule has 1 unspecified atom stereocenters. The van der Waals surface area contributed by atoms with Crippen LogP contribution in [0.2, 0.25) is 0 Å². The Kier molecular flexibility index (Phi) is 4.01. The van der Waals surface area contributed by atoms with E-state index >= 15 is 0 Å². The van der Waals surface area contributed by atoms with Gasteiger partial charge in [0, 0.05) is 31.9 Å². The molecule has 1 aliphatic rings. The van der Waals surface area contributed by atoms with E-state index in [2.05, 4.69) is 34.4 Å². The Morgan fingerprint density at radius 3 is 3.00 bits per heavy atom. The first kappa shape index (κ1) is 13.1. The molecule has 18 heavy (non-hydrogen) atoms. The van der Waals surface area contributed by atoms with E-state index in [1.54, 1.807) is 12.4 Å². The fourth-order valence-corrected chi connectivity index (χ4v) is 2.57. The van der Waals surface area contributed by atoms with Crippen LogP contribution in [0, 0.1) is 11.3 Å². The third kappa shape index (κ3) is 2.56. The molecular weight excluding hydrogens is 228 g/mol. The summed E-state index contributed by atoms with van der Waals surface area (Å²) in [4.78, 5) is 19.5. The highest BCUT2D eigenvalue weighted by Crippen LogP contribution is 2.34. The van der Waals surface area contributed by atoms with Gasteiger partial charge >= 0.3 is 0 Å².